The van der Waals surface area contributed by atoms with Gasteiger partial charge in [-0.15, -0.1) is 0 Å². The van der Waals surface area contributed by atoms with Gasteiger partial charge in [-0.3, -0.25) is 4.79 Å². The fourth-order valence-corrected chi connectivity index (χ4v) is 4.02. The second kappa shape index (κ2) is 8.14. The number of anilines is 1. The molecule has 1 aliphatic heterocycles. The summed E-state index contributed by atoms with van der Waals surface area (Å²) in [4.78, 5) is 21.5. The number of furan rings is 1. The van der Waals surface area contributed by atoms with Crippen LogP contribution in [-0.4, -0.2) is 49.1 Å². The van der Waals surface area contributed by atoms with E-state index in [-0.39, 0.29) is 5.91 Å². The first-order chi connectivity index (χ1) is 15.2. The minimum Gasteiger partial charge on any atom is -0.481 e. The Hall–Kier alpha value is -3.80. The summed E-state index contributed by atoms with van der Waals surface area (Å²) in [5, 5.41) is 2.16. The van der Waals surface area contributed by atoms with E-state index in [1.165, 1.54) is 0 Å². The van der Waals surface area contributed by atoms with Crippen molar-refractivity contribution < 1.29 is 13.9 Å². The van der Waals surface area contributed by atoms with E-state index in [2.05, 4.69) is 28.1 Å². The van der Waals surface area contributed by atoms with Gasteiger partial charge >= 0.3 is 0 Å². The number of methoxy groups -OCH3 is 1. The maximum atomic E-state index is 13.1. The van der Waals surface area contributed by atoms with Gasteiger partial charge in [-0.25, -0.2) is 4.98 Å². The Morgan fingerprint density at radius 2 is 1.74 bits per heavy atom. The molecule has 0 radical (unpaired) electrons. The van der Waals surface area contributed by atoms with Crippen molar-refractivity contribution in [1.82, 2.24) is 9.88 Å². The smallest absolute Gasteiger partial charge is 0.253 e. The van der Waals surface area contributed by atoms with Crippen LogP contribution in [0.3, 0.4) is 0 Å². The molecule has 2 aromatic heterocycles. The number of aromatic nitrogens is 1. The first kappa shape index (κ1) is 19.2. The van der Waals surface area contributed by atoms with Crippen LogP contribution in [0.2, 0.25) is 0 Å². The average molecular weight is 413 g/mol. The summed E-state index contributed by atoms with van der Waals surface area (Å²) in [6, 6.07) is 18.0. The highest BCUT2D eigenvalue weighted by molar-refractivity contribution is 5.99. The number of carbonyl (C=O) groups excluding carboxylic acids is 1. The molecule has 5 rings (SSSR count). The first-order valence-electron chi connectivity index (χ1n) is 10.3. The van der Waals surface area contributed by atoms with Crippen molar-refractivity contribution in [3.05, 3.63) is 78.9 Å². The molecule has 6 nitrogen and oxygen atoms in total. The lowest BCUT2D eigenvalue weighted by molar-refractivity contribution is 0.0747. The van der Waals surface area contributed by atoms with E-state index >= 15 is 0 Å². The molecule has 156 valence electrons. The van der Waals surface area contributed by atoms with Crippen LogP contribution in [0.25, 0.3) is 21.9 Å². The van der Waals surface area contributed by atoms with Gasteiger partial charge in [0.2, 0.25) is 5.88 Å². The Morgan fingerprint density at radius 3 is 2.45 bits per heavy atom. The predicted molar refractivity (Wildman–Crippen MR) is 121 cm³/mol. The Bertz CT molecular complexity index is 1190. The fraction of sp³-hybridized carbons (Fsp3) is 0.200. The molecule has 0 bridgehead atoms. The van der Waals surface area contributed by atoms with E-state index in [1.54, 1.807) is 19.6 Å². The van der Waals surface area contributed by atoms with Crippen molar-refractivity contribution in [2.24, 2.45) is 0 Å². The summed E-state index contributed by atoms with van der Waals surface area (Å²) in [5.41, 5.74) is 3.92. The second-order valence-corrected chi connectivity index (χ2v) is 7.63. The standard InChI is InChI=1S/C25H23N3O3/c1-30-24-7-6-23(16-26-24)27-9-11-28(12-10-27)25(29)21-5-4-18-14-20(3-2-19(18)15-21)22-8-13-31-17-22/h2-8,13-17H,9-12H2,1H3. The molecule has 1 saturated heterocycles. The number of ether oxygens (including phenoxy) is 1. The minimum absolute atomic E-state index is 0.0771. The van der Waals surface area contributed by atoms with E-state index in [1.807, 2.05) is 47.5 Å². The summed E-state index contributed by atoms with van der Waals surface area (Å²) in [5.74, 6) is 0.680. The molecule has 31 heavy (non-hydrogen) atoms. The monoisotopic (exact) mass is 413 g/mol. The minimum atomic E-state index is 0.0771. The van der Waals surface area contributed by atoms with Gasteiger partial charge in [0.1, 0.15) is 0 Å². The highest BCUT2D eigenvalue weighted by atomic mass is 16.5. The Balaban J connectivity index is 1.28. The van der Waals surface area contributed by atoms with E-state index in [9.17, 15) is 4.79 Å². The number of carbonyl (C=O) groups is 1. The van der Waals surface area contributed by atoms with Crippen molar-refractivity contribution in [1.29, 1.82) is 0 Å². The fourth-order valence-electron chi connectivity index (χ4n) is 4.02. The van der Waals surface area contributed by atoms with Crippen LogP contribution in [0.5, 0.6) is 5.88 Å². The van der Waals surface area contributed by atoms with E-state index in [0.717, 1.165) is 46.2 Å². The molecule has 0 atom stereocenters. The van der Waals surface area contributed by atoms with Crippen molar-refractivity contribution in [3.63, 3.8) is 0 Å². The third-order valence-electron chi connectivity index (χ3n) is 5.80. The Morgan fingerprint density at radius 1 is 0.935 bits per heavy atom. The van der Waals surface area contributed by atoms with Gasteiger partial charge in [0, 0.05) is 43.4 Å². The molecule has 0 saturated carbocycles. The average Bonchev–Trinajstić information content (AvgIpc) is 3.38. The van der Waals surface area contributed by atoms with Gasteiger partial charge < -0.3 is 19.0 Å². The SMILES string of the molecule is COc1ccc(N2CCN(C(=O)c3ccc4cc(-c5ccoc5)ccc4c3)CC2)cn1. The van der Waals surface area contributed by atoms with E-state index in [0.29, 0.717) is 19.0 Å². The molecular formula is C25H23N3O3. The molecule has 4 aromatic rings. The number of benzene rings is 2. The Kier molecular flexibility index (Phi) is 5.04. The van der Waals surface area contributed by atoms with Crippen LogP contribution in [-0.2, 0) is 0 Å². The van der Waals surface area contributed by atoms with Crippen LogP contribution in [0, 0.1) is 0 Å². The first-order valence-corrected chi connectivity index (χ1v) is 10.3. The van der Waals surface area contributed by atoms with Crippen molar-refractivity contribution in [2.75, 3.05) is 38.2 Å². The third kappa shape index (κ3) is 3.84. The highest BCUT2D eigenvalue weighted by Crippen LogP contribution is 2.26. The zero-order valence-electron chi connectivity index (χ0n) is 17.3. The number of amides is 1. The number of fused-ring (bicyclic) bond motifs is 1. The molecule has 0 aliphatic carbocycles. The lowest BCUT2D eigenvalue weighted by Crippen LogP contribution is -2.48. The number of pyridine rings is 1. The van der Waals surface area contributed by atoms with Crippen LogP contribution >= 0.6 is 0 Å². The van der Waals surface area contributed by atoms with Gasteiger partial charge in [-0.2, -0.15) is 0 Å². The second-order valence-electron chi connectivity index (χ2n) is 7.63. The van der Waals surface area contributed by atoms with Gasteiger partial charge in [0.25, 0.3) is 5.91 Å². The normalized spacial score (nSPS) is 14.1. The summed E-state index contributed by atoms with van der Waals surface area (Å²) in [7, 11) is 1.61. The maximum Gasteiger partial charge on any atom is 0.253 e. The number of piperazine rings is 1. The number of rotatable bonds is 4. The van der Waals surface area contributed by atoms with Crippen molar-refractivity contribution >= 4 is 22.4 Å². The van der Waals surface area contributed by atoms with E-state index in [4.69, 9.17) is 9.15 Å². The topological polar surface area (TPSA) is 58.8 Å². The highest BCUT2D eigenvalue weighted by Gasteiger charge is 2.22. The molecule has 1 aliphatic rings. The predicted octanol–water partition coefficient (Wildman–Crippen LogP) is 4.47. The van der Waals surface area contributed by atoms with Gasteiger partial charge in [-0.05, 0) is 46.7 Å². The van der Waals surface area contributed by atoms with Crippen molar-refractivity contribution in [3.8, 4) is 17.0 Å². The van der Waals surface area contributed by atoms with Gasteiger partial charge in [-0.1, -0.05) is 18.2 Å². The van der Waals surface area contributed by atoms with Gasteiger partial charge in [0.05, 0.1) is 31.5 Å². The van der Waals surface area contributed by atoms with E-state index < -0.39 is 0 Å². The summed E-state index contributed by atoms with van der Waals surface area (Å²) < 4.78 is 10.3. The molecule has 0 N–H and O–H groups in total. The lowest BCUT2D eigenvalue weighted by Gasteiger charge is -2.36. The Labute approximate surface area is 180 Å². The third-order valence-corrected chi connectivity index (χ3v) is 5.80. The molecule has 6 heteroatoms. The molecule has 0 spiro atoms. The zero-order valence-corrected chi connectivity index (χ0v) is 17.3. The zero-order chi connectivity index (χ0) is 21.2. The molecule has 0 unspecified atom stereocenters. The number of hydrogen-bond donors (Lipinski definition) is 0. The molecule has 3 heterocycles. The molecular weight excluding hydrogens is 390 g/mol. The number of nitrogens with zero attached hydrogens (tertiary/aromatic N) is 3. The summed E-state index contributed by atoms with van der Waals surface area (Å²) in [6.07, 6.45) is 5.23. The summed E-state index contributed by atoms with van der Waals surface area (Å²) >= 11 is 0. The van der Waals surface area contributed by atoms with Crippen LogP contribution in [0.1, 0.15) is 10.4 Å². The van der Waals surface area contributed by atoms with Gasteiger partial charge in [0.15, 0.2) is 0 Å². The van der Waals surface area contributed by atoms with Crippen LogP contribution in [0.4, 0.5) is 5.69 Å². The van der Waals surface area contributed by atoms with Crippen LogP contribution < -0.4 is 9.64 Å². The van der Waals surface area contributed by atoms with Crippen LogP contribution in [0.15, 0.2) is 77.7 Å². The maximum absolute atomic E-state index is 13.1. The quantitative estimate of drug-likeness (QED) is 0.494. The molecule has 2 aromatic carbocycles. The molecule has 1 fully saturated rings. The molecule has 1 amide bonds. The van der Waals surface area contributed by atoms with Crippen molar-refractivity contribution in [2.45, 2.75) is 0 Å². The summed E-state index contributed by atoms with van der Waals surface area (Å²) in [6.45, 7) is 2.92. The lowest BCUT2D eigenvalue weighted by atomic mass is 10.0. The largest absolute Gasteiger partial charge is 0.481 e. The number of hydrogen-bond acceptors (Lipinski definition) is 5.